The Morgan fingerprint density at radius 3 is 2.47 bits per heavy atom. The molecule has 6 heteroatoms. The highest BCUT2D eigenvalue weighted by molar-refractivity contribution is 7.98. The first-order valence-electron chi connectivity index (χ1n) is 5.62. The number of hydrogen-bond acceptors (Lipinski definition) is 3. The molecule has 0 radical (unpaired) electrons. The number of hydrogen-bond donors (Lipinski definition) is 3. The fourth-order valence-electron chi connectivity index (χ4n) is 1.19. The van der Waals surface area contributed by atoms with Gasteiger partial charge in [-0.05, 0) is 26.5 Å². The molecule has 0 fully saturated rings. The van der Waals surface area contributed by atoms with Gasteiger partial charge in [-0.3, -0.25) is 4.79 Å². The zero-order valence-corrected chi connectivity index (χ0v) is 11.7. The number of carboxylic acid groups (broad SMARTS) is 1. The number of carbonyl (C=O) groups is 2. The van der Waals surface area contributed by atoms with Gasteiger partial charge in [0.1, 0.15) is 0 Å². The maximum absolute atomic E-state index is 11.5. The standard InChI is InChI=1S/C11H22N2O3S/c1-5-11(3,9(14)15)7-12-10(16)13-8(2)6-17-4/h8H,5-7H2,1-4H3,(H,14,15)(H2,12,13,16). The number of rotatable bonds is 7. The Bertz CT molecular complexity index is 273. The van der Waals surface area contributed by atoms with Gasteiger partial charge in [-0.1, -0.05) is 6.92 Å². The molecule has 0 rings (SSSR count). The first kappa shape index (κ1) is 16.1. The van der Waals surface area contributed by atoms with E-state index in [9.17, 15) is 9.59 Å². The molecular weight excluding hydrogens is 240 g/mol. The van der Waals surface area contributed by atoms with Gasteiger partial charge in [-0.25, -0.2) is 4.79 Å². The van der Waals surface area contributed by atoms with Crippen molar-refractivity contribution in [3.05, 3.63) is 0 Å². The van der Waals surface area contributed by atoms with Crippen LogP contribution in [0.25, 0.3) is 0 Å². The molecule has 0 aliphatic rings. The molecular formula is C11H22N2O3S. The number of carboxylic acids is 1. The number of urea groups is 1. The minimum absolute atomic E-state index is 0.0720. The maximum Gasteiger partial charge on any atom is 0.315 e. The van der Waals surface area contributed by atoms with E-state index in [-0.39, 0.29) is 18.6 Å². The topological polar surface area (TPSA) is 78.4 Å². The number of nitrogens with one attached hydrogen (secondary N) is 2. The molecule has 0 aromatic heterocycles. The van der Waals surface area contributed by atoms with Crippen molar-refractivity contribution in [2.24, 2.45) is 5.41 Å². The van der Waals surface area contributed by atoms with E-state index < -0.39 is 11.4 Å². The van der Waals surface area contributed by atoms with E-state index in [2.05, 4.69) is 10.6 Å². The Kier molecular flexibility index (Phi) is 7.03. The van der Waals surface area contributed by atoms with Crippen molar-refractivity contribution in [2.75, 3.05) is 18.6 Å². The predicted octanol–water partition coefficient (Wildman–Crippen LogP) is 1.54. The minimum atomic E-state index is -0.903. The fourth-order valence-corrected chi connectivity index (χ4v) is 1.78. The summed E-state index contributed by atoms with van der Waals surface area (Å²) in [5.74, 6) is -0.0605. The van der Waals surface area contributed by atoms with Crippen molar-refractivity contribution < 1.29 is 14.7 Å². The van der Waals surface area contributed by atoms with Crippen LogP contribution in [0.4, 0.5) is 4.79 Å². The zero-order chi connectivity index (χ0) is 13.5. The second-order valence-electron chi connectivity index (χ2n) is 4.40. The summed E-state index contributed by atoms with van der Waals surface area (Å²) in [5, 5.41) is 14.4. The SMILES string of the molecule is CCC(C)(CNC(=O)NC(C)CSC)C(=O)O. The van der Waals surface area contributed by atoms with Crippen molar-refractivity contribution >= 4 is 23.8 Å². The summed E-state index contributed by atoms with van der Waals surface area (Å²) in [7, 11) is 0. The first-order chi connectivity index (χ1) is 7.85. The molecule has 17 heavy (non-hydrogen) atoms. The molecule has 0 saturated carbocycles. The van der Waals surface area contributed by atoms with Crippen LogP contribution >= 0.6 is 11.8 Å². The van der Waals surface area contributed by atoms with Gasteiger partial charge in [0.25, 0.3) is 0 Å². The van der Waals surface area contributed by atoms with E-state index >= 15 is 0 Å². The van der Waals surface area contributed by atoms with Crippen LogP contribution in [0.3, 0.4) is 0 Å². The summed E-state index contributed by atoms with van der Waals surface area (Å²) >= 11 is 1.65. The average molecular weight is 262 g/mol. The zero-order valence-electron chi connectivity index (χ0n) is 10.9. The Labute approximate surface area is 107 Å². The minimum Gasteiger partial charge on any atom is -0.481 e. The van der Waals surface area contributed by atoms with Crippen LogP contribution in [0.2, 0.25) is 0 Å². The van der Waals surface area contributed by atoms with E-state index in [1.54, 1.807) is 25.6 Å². The molecule has 0 aliphatic heterocycles. The van der Waals surface area contributed by atoms with E-state index in [1.807, 2.05) is 13.2 Å². The van der Waals surface area contributed by atoms with Gasteiger partial charge in [0, 0.05) is 18.3 Å². The highest BCUT2D eigenvalue weighted by Crippen LogP contribution is 2.19. The third-order valence-electron chi connectivity index (χ3n) is 2.73. The van der Waals surface area contributed by atoms with Gasteiger partial charge in [0.2, 0.25) is 0 Å². The second-order valence-corrected chi connectivity index (χ2v) is 5.31. The van der Waals surface area contributed by atoms with E-state index in [4.69, 9.17) is 5.11 Å². The molecule has 100 valence electrons. The van der Waals surface area contributed by atoms with Gasteiger partial charge in [0.15, 0.2) is 0 Å². The van der Waals surface area contributed by atoms with Crippen molar-refractivity contribution in [1.29, 1.82) is 0 Å². The molecule has 2 unspecified atom stereocenters. The molecule has 0 bridgehead atoms. The predicted molar refractivity (Wildman–Crippen MR) is 70.4 cm³/mol. The summed E-state index contributed by atoms with van der Waals surface area (Å²) in [5.41, 5.74) is -0.903. The highest BCUT2D eigenvalue weighted by atomic mass is 32.2. The monoisotopic (exact) mass is 262 g/mol. The van der Waals surface area contributed by atoms with Crippen LogP contribution in [0.15, 0.2) is 0 Å². The average Bonchev–Trinajstić information content (AvgIpc) is 2.25. The normalized spacial score (nSPS) is 15.8. The molecule has 0 spiro atoms. The Morgan fingerprint density at radius 1 is 1.47 bits per heavy atom. The number of carbonyl (C=O) groups excluding carboxylic acids is 1. The number of amides is 2. The van der Waals surface area contributed by atoms with Crippen LogP contribution in [0.5, 0.6) is 0 Å². The molecule has 2 atom stereocenters. The molecule has 3 N–H and O–H groups in total. The van der Waals surface area contributed by atoms with Crippen LogP contribution in [0, 0.1) is 5.41 Å². The third-order valence-corrected chi connectivity index (χ3v) is 3.56. The van der Waals surface area contributed by atoms with Crippen LogP contribution in [-0.4, -0.2) is 41.7 Å². The molecule has 0 heterocycles. The van der Waals surface area contributed by atoms with Crippen molar-refractivity contribution in [2.45, 2.75) is 33.2 Å². The van der Waals surface area contributed by atoms with E-state index in [0.29, 0.717) is 6.42 Å². The van der Waals surface area contributed by atoms with E-state index in [0.717, 1.165) is 5.75 Å². The summed E-state index contributed by atoms with van der Waals surface area (Å²) in [6.07, 6.45) is 2.44. The molecule has 0 aromatic rings. The lowest BCUT2D eigenvalue weighted by atomic mass is 9.88. The largest absolute Gasteiger partial charge is 0.481 e. The van der Waals surface area contributed by atoms with Gasteiger partial charge in [-0.2, -0.15) is 11.8 Å². The van der Waals surface area contributed by atoms with Gasteiger partial charge < -0.3 is 15.7 Å². The first-order valence-corrected chi connectivity index (χ1v) is 7.01. The summed E-state index contributed by atoms with van der Waals surface area (Å²) in [6, 6.07) is -0.241. The van der Waals surface area contributed by atoms with Crippen LogP contribution in [-0.2, 0) is 4.79 Å². The quantitative estimate of drug-likeness (QED) is 0.650. The molecule has 2 amide bonds. The van der Waals surface area contributed by atoms with Gasteiger partial charge >= 0.3 is 12.0 Å². The highest BCUT2D eigenvalue weighted by Gasteiger charge is 2.31. The van der Waals surface area contributed by atoms with Gasteiger partial charge in [-0.15, -0.1) is 0 Å². The summed E-state index contributed by atoms with van der Waals surface area (Å²) in [4.78, 5) is 22.5. The Morgan fingerprint density at radius 2 is 2.06 bits per heavy atom. The van der Waals surface area contributed by atoms with Crippen LogP contribution in [0.1, 0.15) is 27.2 Å². The number of aliphatic carboxylic acids is 1. The third kappa shape index (κ3) is 5.81. The molecule has 0 saturated heterocycles. The molecule has 0 aromatic carbocycles. The summed E-state index contributed by atoms with van der Waals surface area (Å²) < 4.78 is 0. The lowest BCUT2D eigenvalue weighted by Gasteiger charge is -2.24. The summed E-state index contributed by atoms with van der Waals surface area (Å²) in [6.45, 7) is 5.47. The van der Waals surface area contributed by atoms with Crippen molar-refractivity contribution in [3.8, 4) is 0 Å². The van der Waals surface area contributed by atoms with Crippen molar-refractivity contribution in [1.82, 2.24) is 10.6 Å². The molecule has 5 nitrogen and oxygen atoms in total. The molecule has 0 aliphatic carbocycles. The van der Waals surface area contributed by atoms with E-state index in [1.165, 1.54) is 0 Å². The lowest BCUT2D eigenvalue weighted by molar-refractivity contribution is -0.147. The van der Waals surface area contributed by atoms with Crippen molar-refractivity contribution in [3.63, 3.8) is 0 Å². The van der Waals surface area contributed by atoms with Crippen LogP contribution < -0.4 is 10.6 Å². The Balaban J connectivity index is 4.10. The Hall–Kier alpha value is -0.910. The second kappa shape index (κ2) is 7.42. The lowest BCUT2D eigenvalue weighted by Crippen LogP contribution is -2.47. The van der Waals surface area contributed by atoms with Gasteiger partial charge in [0.05, 0.1) is 5.41 Å². The smallest absolute Gasteiger partial charge is 0.315 e. The number of thioether (sulfide) groups is 1. The maximum atomic E-state index is 11.5. The fraction of sp³-hybridized carbons (Fsp3) is 0.818.